The second kappa shape index (κ2) is 10.2. The van der Waals surface area contributed by atoms with Crippen LogP contribution in [-0.2, 0) is 16.6 Å². The molecule has 1 saturated heterocycles. The van der Waals surface area contributed by atoms with E-state index in [2.05, 4.69) is 15.7 Å². The molecule has 1 aromatic heterocycles. The Morgan fingerprint density at radius 1 is 1.18 bits per heavy atom. The van der Waals surface area contributed by atoms with Crippen molar-refractivity contribution >= 4 is 28.7 Å². The second-order valence-corrected chi connectivity index (χ2v) is 6.40. The van der Waals surface area contributed by atoms with E-state index in [1.54, 1.807) is 4.68 Å². The number of aliphatic carboxylic acids is 2. The Hall–Kier alpha value is -3.20. The maximum Gasteiger partial charge on any atom is 0.328 e. The number of piperidine rings is 1. The van der Waals surface area contributed by atoms with Gasteiger partial charge in [-0.1, -0.05) is 18.2 Å². The largest absolute Gasteiger partial charge is 0.478 e. The summed E-state index contributed by atoms with van der Waals surface area (Å²) in [5.41, 5.74) is 1.51. The molecule has 1 aromatic carbocycles. The van der Waals surface area contributed by atoms with Gasteiger partial charge in [-0.2, -0.15) is 5.10 Å². The molecule has 0 atom stereocenters. The van der Waals surface area contributed by atoms with Crippen LogP contribution in [-0.4, -0.2) is 57.5 Å². The summed E-state index contributed by atoms with van der Waals surface area (Å²) in [6, 6.07) is 7.82. The normalized spacial score (nSPS) is 14.5. The maximum atomic E-state index is 12.3. The molecular formula is C19H24N4O5. The number of fused-ring (bicyclic) bond motifs is 1. The van der Waals surface area contributed by atoms with Crippen LogP contribution in [0.3, 0.4) is 0 Å². The summed E-state index contributed by atoms with van der Waals surface area (Å²) in [6.45, 7) is 2.84. The molecule has 3 rings (SSSR count). The standard InChI is InChI=1S/C15H20N4O.C4H4O4/c1-19-13-5-3-2-4-12(13)14(18-19)15(20)17-10-11-6-8-16-9-7-11;5-3(6)1-2-4(7)8/h2-5,11,16H,6-10H2,1H3,(H,17,20);1-2H,(H,5,6)(H,7,8)/b;2-1-. The molecule has 9 heteroatoms. The highest BCUT2D eigenvalue weighted by Gasteiger charge is 2.18. The lowest BCUT2D eigenvalue weighted by molar-refractivity contribution is -0.134. The van der Waals surface area contributed by atoms with Gasteiger partial charge in [0.25, 0.3) is 5.91 Å². The van der Waals surface area contributed by atoms with Crippen LogP contribution in [0.1, 0.15) is 23.3 Å². The second-order valence-electron chi connectivity index (χ2n) is 6.40. The first-order chi connectivity index (χ1) is 13.4. The molecule has 150 valence electrons. The maximum absolute atomic E-state index is 12.3. The molecule has 0 bridgehead atoms. The van der Waals surface area contributed by atoms with Crippen molar-refractivity contribution in [3.8, 4) is 0 Å². The lowest BCUT2D eigenvalue weighted by Crippen LogP contribution is -2.36. The molecule has 1 fully saturated rings. The summed E-state index contributed by atoms with van der Waals surface area (Å²) in [5.74, 6) is -2.00. The highest BCUT2D eigenvalue weighted by molar-refractivity contribution is 6.04. The van der Waals surface area contributed by atoms with Crippen LogP contribution >= 0.6 is 0 Å². The van der Waals surface area contributed by atoms with Gasteiger partial charge in [0.05, 0.1) is 5.52 Å². The Morgan fingerprint density at radius 2 is 1.79 bits per heavy atom. The molecule has 0 spiro atoms. The number of nitrogens with zero attached hydrogens (tertiary/aromatic N) is 2. The zero-order valence-electron chi connectivity index (χ0n) is 15.6. The Labute approximate surface area is 162 Å². The van der Waals surface area contributed by atoms with Gasteiger partial charge in [-0.05, 0) is 37.9 Å². The predicted octanol–water partition coefficient (Wildman–Crippen LogP) is 1.01. The first kappa shape index (κ1) is 21.1. The Kier molecular flexibility index (Phi) is 7.70. The van der Waals surface area contributed by atoms with Gasteiger partial charge in [0, 0.05) is 31.1 Å². The molecule has 0 aliphatic carbocycles. The molecule has 2 aromatic rings. The van der Waals surface area contributed by atoms with E-state index in [1.165, 1.54) is 0 Å². The molecule has 0 saturated carbocycles. The molecule has 1 aliphatic heterocycles. The molecule has 1 amide bonds. The lowest BCUT2D eigenvalue weighted by atomic mass is 9.98. The average molecular weight is 388 g/mol. The summed E-state index contributed by atoms with van der Waals surface area (Å²) >= 11 is 0. The summed E-state index contributed by atoms with van der Waals surface area (Å²) in [7, 11) is 1.87. The van der Waals surface area contributed by atoms with Gasteiger partial charge in [-0.3, -0.25) is 9.48 Å². The molecule has 28 heavy (non-hydrogen) atoms. The Balaban J connectivity index is 0.000000300. The number of aryl methyl sites for hydroxylation is 1. The topological polar surface area (TPSA) is 134 Å². The minimum absolute atomic E-state index is 0.0691. The Bertz CT molecular complexity index is 852. The summed E-state index contributed by atoms with van der Waals surface area (Å²) < 4.78 is 1.76. The zero-order chi connectivity index (χ0) is 20.5. The van der Waals surface area contributed by atoms with Crippen LogP contribution < -0.4 is 10.6 Å². The van der Waals surface area contributed by atoms with Crippen LogP contribution in [0.25, 0.3) is 10.9 Å². The van der Waals surface area contributed by atoms with Crippen molar-refractivity contribution in [2.45, 2.75) is 12.8 Å². The number of nitrogens with one attached hydrogen (secondary N) is 2. The fourth-order valence-corrected chi connectivity index (χ4v) is 2.93. The SMILES string of the molecule is Cn1nc(C(=O)NCC2CCNCC2)c2ccccc21.O=C(O)/C=C\C(=O)O. The smallest absolute Gasteiger partial charge is 0.328 e. The van der Waals surface area contributed by atoms with E-state index in [9.17, 15) is 14.4 Å². The van der Waals surface area contributed by atoms with Crippen LogP contribution in [0, 0.1) is 5.92 Å². The molecule has 0 radical (unpaired) electrons. The quantitative estimate of drug-likeness (QED) is 0.562. The van der Waals surface area contributed by atoms with Gasteiger partial charge in [-0.25, -0.2) is 9.59 Å². The minimum Gasteiger partial charge on any atom is -0.478 e. The van der Waals surface area contributed by atoms with Gasteiger partial charge < -0.3 is 20.8 Å². The molecular weight excluding hydrogens is 364 g/mol. The van der Waals surface area contributed by atoms with Crippen molar-refractivity contribution in [3.63, 3.8) is 0 Å². The number of carbonyl (C=O) groups excluding carboxylic acids is 1. The monoisotopic (exact) mass is 388 g/mol. The first-order valence-electron chi connectivity index (χ1n) is 8.93. The number of aromatic nitrogens is 2. The number of carboxylic acid groups (broad SMARTS) is 2. The van der Waals surface area contributed by atoms with Gasteiger partial charge in [0.1, 0.15) is 0 Å². The number of hydrogen-bond acceptors (Lipinski definition) is 5. The fraction of sp³-hybridized carbons (Fsp3) is 0.368. The highest BCUT2D eigenvalue weighted by Crippen LogP contribution is 2.17. The number of rotatable bonds is 5. The minimum atomic E-state index is -1.26. The number of carbonyl (C=O) groups is 3. The van der Waals surface area contributed by atoms with E-state index >= 15 is 0 Å². The summed E-state index contributed by atoms with van der Waals surface area (Å²) in [6.07, 6.45) is 3.37. The van der Waals surface area contributed by atoms with Gasteiger partial charge in [-0.15, -0.1) is 0 Å². The van der Waals surface area contributed by atoms with Crippen molar-refractivity contribution in [1.29, 1.82) is 0 Å². The zero-order valence-corrected chi connectivity index (χ0v) is 15.6. The van der Waals surface area contributed by atoms with E-state index in [0.29, 0.717) is 23.8 Å². The molecule has 4 N–H and O–H groups in total. The number of hydrogen-bond donors (Lipinski definition) is 4. The van der Waals surface area contributed by atoms with Crippen LogP contribution in [0.15, 0.2) is 36.4 Å². The molecule has 2 heterocycles. The number of carboxylic acids is 2. The van der Waals surface area contributed by atoms with E-state index in [4.69, 9.17) is 10.2 Å². The van der Waals surface area contributed by atoms with E-state index in [1.807, 2.05) is 31.3 Å². The Morgan fingerprint density at radius 3 is 2.39 bits per heavy atom. The highest BCUT2D eigenvalue weighted by atomic mass is 16.4. The summed E-state index contributed by atoms with van der Waals surface area (Å²) in [5, 5.41) is 27.2. The van der Waals surface area contributed by atoms with Gasteiger partial charge in [0.2, 0.25) is 0 Å². The van der Waals surface area contributed by atoms with Crippen LogP contribution in [0.4, 0.5) is 0 Å². The van der Waals surface area contributed by atoms with Gasteiger partial charge in [0.15, 0.2) is 5.69 Å². The van der Waals surface area contributed by atoms with Crippen LogP contribution in [0.2, 0.25) is 0 Å². The number of para-hydroxylation sites is 1. The van der Waals surface area contributed by atoms with Crippen molar-refractivity contribution in [1.82, 2.24) is 20.4 Å². The molecule has 1 aliphatic rings. The third kappa shape index (κ3) is 6.20. The van der Waals surface area contributed by atoms with Crippen molar-refractivity contribution in [2.75, 3.05) is 19.6 Å². The van der Waals surface area contributed by atoms with Gasteiger partial charge >= 0.3 is 11.9 Å². The van der Waals surface area contributed by atoms with E-state index in [0.717, 1.165) is 43.4 Å². The third-order valence-electron chi connectivity index (χ3n) is 4.35. The van der Waals surface area contributed by atoms with Crippen molar-refractivity contribution in [2.24, 2.45) is 13.0 Å². The van der Waals surface area contributed by atoms with Crippen molar-refractivity contribution in [3.05, 3.63) is 42.1 Å². The fourth-order valence-electron chi connectivity index (χ4n) is 2.93. The third-order valence-corrected chi connectivity index (χ3v) is 4.35. The van der Waals surface area contributed by atoms with E-state index < -0.39 is 11.9 Å². The van der Waals surface area contributed by atoms with Crippen molar-refractivity contribution < 1.29 is 24.6 Å². The van der Waals surface area contributed by atoms with Crippen LogP contribution in [0.5, 0.6) is 0 Å². The van der Waals surface area contributed by atoms with E-state index in [-0.39, 0.29) is 5.91 Å². The number of amides is 1. The first-order valence-corrected chi connectivity index (χ1v) is 8.93. The molecule has 9 nitrogen and oxygen atoms in total. The molecule has 0 unspecified atom stereocenters. The predicted molar refractivity (Wildman–Crippen MR) is 103 cm³/mol. The lowest BCUT2D eigenvalue weighted by Gasteiger charge is -2.22. The summed E-state index contributed by atoms with van der Waals surface area (Å²) in [4.78, 5) is 31.4. The number of benzene rings is 1. The average Bonchev–Trinajstić information content (AvgIpc) is 3.03.